The maximum Gasteiger partial charge on any atom is 0.239 e. The molecule has 2 rings (SSSR count). The second kappa shape index (κ2) is 8.29. The molecule has 5 heteroatoms. The van der Waals surface area contributed by atoms with Gasteiger partial charge < -0.3 is 16.0 Å². The van der Waals surface area contributed by atoms with Gasteiger partial charge in [0.05, 0.1) is 6.54 Å². The van der Waals surface area contributed by atoms with E-state index in [9.17, 15) is 4.79 Å². The second-order valence-corrected chi connectivity index (χ2v) is 5.31. The Hall–Kier alpha value is -2.04. The van der Waals surface area contributed by atoms with Gasteiger partial charge in [-0.05, 0) is 18.4 Å². The molecule has 0 saturated heterocycles. The van der Waals surface area contributed by atoms with Crippen LogP contribution in [0.3, 0.4) is 0 Å². The third-order valence-corrected chi connectivity index (χ3v) is 3.67. The third kappa shape index (κ3) is 5.45. The Balaban J connectivity index is 1.67. The lowest BCUT2D eigenvalue weighted by atomic mass is 10.2. The second-order valence-electron chi connectivity index (χ2n) is 5.31. The van der Waals surface area contributed by atoms with Gasteiger partial charge in [0.25, 0.3) is 0 Å². The third-order valence-electron chi connectivity index (χ3n) is 3.67. The minimum Gasteiger partial charge on any atom is -0.354 e. The zero-order valence-electron chi connectivity index (χ0n) is 12.6. The van der Waals surface area contributed by atoms with E-state index in [2.05, 4.69) is 20.9 Å². The monoisotopic (exact) mass is 288 g/mol. The molecule has 1 saturated carbocycles. The average molecular weight is 288 g/mol. The van der Waals surface area contributed by atoms with Crippen LogP contribution in [0.1, 0.15) is 31.2 Å². The van der Waals surface area contributed by atoms with Crippen LogP contribution < -0.4 is 16.0 Å². The zero-order chi connectivity index (χ0) is 14.9. The molecule has 3 N–H and O–H groups in total. The molecule has 5 nitrogen and oxygen atoms in total. The van der Waals surface area contributed by atoms with Crippen LogP contribution in [-0.4, -0.2) is 31.5 Å². The number of nitrogens with zero attached hydrogens (tertiary/aromatic N) is 1. The van der Waals surface area contributed by atoms with Crippen molar-refractivity contribution in [3.8, 4) is 0 Å². The van der Waals surface area contributed by atoms with Crippen LogP contribution in [0.2, 0.25) is 0 Å². The first-order valence-electron chi connectivity index (χ1n) is 7.56. The molecule has 1 aromatic rings. The molecule has 0 radical (unpaired) electrons. The predicted octanol–water partition coefficient (Wildman–Crippen LogP) is 1.41. The number of guanidine groups is 1. The maximum absolute atomic E-state index is 11.8. The van der Waals surface area contributed by atoms with Crippen LogP contribution in [0.4, 0.5) is 0 Å². The van der Waals surface area contributed by atoms with Crippen molar-refractivity contribution < 1.29 is 4.79 Å². The highest BCUT2D eigenvalue weighted by atomic mass is 16.1. The molecule has 0 unspecified atom stereocenters. The van der Waals surface area contributed by atoms with E-state index < -0.39 is 0 Å². The van der Waals surface area contributed by atoms with Gasteiger partial charge in [0.1, 0.15) is 0 Å². The predicted molar refractivity (Wildman–Crippen MR) is 85.0 cm³/mol. The number of benzene rings is 1. The van der Waals surface area contributed by atoms with Crippen LogP contribution in [-0.2, 0) is 11.3 Å². The fraction of sp³-hybridized carbons (Fsp3) is 0.500. The van der Waals surface area contributed by atoms with Gasteiger partial charge in [0, 0.05) is 19.6 Å². The molecule has 0 aromatic heterocycles. The van der Waals surface area contributed by atoms with Gasteiger partial charge in [0.15, 0.2) is 5.96 Å². The van der Waals surface area contributed by atoms with Crippen molar-refractivity contribution >= 4 is 11.9 Å². The maximum atomic E-state index is 11.8. The molecule has 1 amide bonds. The first-order chi connectivity index (χ1) is 10.3. The summed E-state index contributed by atoms with van der Waals surface area (Å²) in [5, 5.41) is 9.30. The van der Waals surface area contributed by atoms with E-state index in [4.69, 9.17) is 0 Å². The molecule has 1 aliphatic rings. The van der Waals surface area contributed by atoms with E-state index in [-0.39, 0.29) is 12.5 Å². The topological polar surface area (TPSA) is 65.5 Å². The van der Waals surface area contributed by atoms with Crippen molar-refractivity contribution in [3.05, 3.63) is 35.9 Å². The summed E-state index contributed by atoms with van der Waals surface area (Å²) in [4.78, 5) is 16.0. The first-order valence-corrected chi connectivity index (χ1v) is 7.56. The van der Waals surface area contributed by atoms with Gasteiger partial charge in [-0.3, -0.25) is 9.79 Å². The van der Waals surface area contributed by atoms with Gasteiger partial charge in [0.2, 0.25) is 5.91 Å². The smallest absolute Gasteiger partial charge is 0.239 e. The first kappa shape index (κ1) is 15.4. The highest BCUT2D eigenvalue weighted by molar-refractivity contribution is 5.86. The Morgan fingerprint density at radius 2 is 1.90 bits per heavy atom. The molecule has 21 heavy (non-hydrogen) atoms. The highest BCUT2D eigenvalue weighted by Crippen LogP contribution is 2.17. The number of carbonyl (C=O) groups is 1. The van der Waals surface area contributed by atoms with Crippen LogP contribution in [0.25, 0.3) is 0 Å². The zero-order valence-corrected chi connectivity index (χ0v) is 12.6. The summed E-state index contributed by atoms with van der Waals surface area (Å²) in [6.45, 7) is 0.787. The van der Waals surface area contributed by atoms with E-state index in [0.717, 1.165) is 5.56 Å². The number of nitrogens with one attached hydrogen (secondary N) is 3. The molecule has 0 spiro atoms. The highest BCUT2D eigenvalue weighted by Gasteiger charge is 2.16. The Morgan fingerprint density at radius 1 is 1.19 bits per heavy atom. The molecular formula is C16H24N4O. The Labute approximate surface area is 126 Å². The fourth-order valence-corrected chi connectivity index (χ4v) is 2.48. The molecule has 1 aromatic carbocycles. The van der Waals surface area contributed by atoms with E-state index in [1.54, 1.807) is 7.05 Å². The van der Waals surface area contributed by atoms with Crippen molar-refractivity contribution in [2.75, 3.05) is 13.6 Å². The molecule has 114 valence electrons. The number of hydrogen-bond acceptors (Lipinski definition) is 2. The molecule has 0 aliphatic heterocycles. The number of amides is 1. The van der Waals surface area contributed by atoms with Crippen molar-refractivity contribution in [1.82, 2.24) is 16.0 Å². The van der Waals surface area contributed by atoms with Crippen molar-refractivity contribution in [1.29, 1.82) is 0 Å². The van der Waals surface area contributed by atoms with Gasteiger partial charge in [-0.2, -0.15) is 0 Å². The number of hydrogen-bond donors (Lipinski definition) is 3. The Kier molecular flexibility index (Phi) is 6.06. The van der Waals surface area contributed by atoms with E-state index in [1.807, 2.05) is 30.3 Å². The normalized spacial score (nSPS) is 15.8. The summed E-state index contributed by atoms with van der Waals surface area (Å²) in [6, 6.07) is 10.4. The van der Waals surface area contributed by atoms with Crippen LogP contribution >= 0.6 is 0 Å². The summed E-state index contributed by atoms with van der Waals surface area (Å²) in [7, 11) is 1.73. The lowest BCUT2D eigenvalue weighted by Crippen LogP contribution is -2.46. The van der Waals surface area contributed by atoms with Gasteiger partial charge >= 0.3 is 0 Å². The van der Waals surface area contributed by atoms with Crippen LogP contribution in [0.15, 0.2) is 35.3 Å². The fourth-order valence-electron chi connectivity index (χ4n) is 2.48. The van der Waals surface area contributed by atoms with Gasteiger partial charge in [-0.1, -0.05) is 43.2 Å². The lowest BCUT2D eigenvalue weighted by Gasteiger charge is -2.16. The SMILES string of the molecule is CN=C(NCC(=O)NCc1ccccc1)NC1CCCC1. The van der Waals surface area contributed by atoms with E-state index >= 15 is 0 Å². The minimum absolute atomic E-state index is 0.0341. The summed E-state index contributed by atoms with van der Waals surface area (Å²) in [5.74, 6) is 0.671. The number of rotatable bonds is 5. The molecule has 1 fully saturated rings. The number of aliphatic imine (C=N–C) groups is 1. The van der Waals surface area contributed by atoms with Gasteiger partial charge in [-0.25, -0.2) is 0 Å². The van der Waals surface area contributed by atoms with Gasteiger partial charge in [-0.15, -0.1) is 0 Å². The summed E-state index contributed by atoms with van der Waals surface area (Å²) in [6.07, 6.45) is 4.90. The molecule has 0 bridgehead atoms. The molecule has 1 aliphatic carbocycles. The molecular weight excluding hydrogens is 264 g/mol. The standard InChI is InChI=1S/C16H24N4O/c1-17-16(20-14-9-5-6-10-14)19-12-15(21)18-11-13-7-3-2-4-8-13/h2-4,7-8,14H,5-6,9-12H2,1H3,(H,18,21)(H2,17,19,20). The summed E-state index contributed by atoms with van der Waals surface area (Å²) in [5.41, 5.74) is 1.10. The van der Waals surface area contributed by atoms with E-state index in [0.29, 0.717) is 18.5 Å². The largest absolute Gasteiger partial charge is 0.354 e. The average Bonchev–Trinajstić information content (AvgIpc) is 3.03. The van der Waals surface area contributed by atoms with Crippen LogP contribution in [0.5, 0.6) is 0 Å². The summed E-state index contributed by atoms with van der Waals surface area (Å²) >= 11 is 0. The molecule has 0 atom stereocenters. The van der Waals surface area contributed by atoms with Crippen molar-refractivity contribution in [2.45, 2.75) is 38.3 Å². The van der Waals surface area contributed by atoms with Crippen molar-refractivity contribution in [3.63, 3.8) is 0 Å². The number of carbonyl (C=O) groups excluding carboxylic acids is 1. The lowest BCUT2D eigenvalue weighted by molar-refractivity contribution is -0.120. The van der Waals surface area contributed by atoms with Crippen molar-refractivity contribution in [2.24, 2.45) is 4.99 Å². The molecule has 0 heterocycles. The Morgan fingerprint density at radius 3 is 2.57 bits per heavy atom. The minimum atomic E-state index is -0.0341. The Bertz CT molecular complexity index is 466. The summed E-state index contributed by atoms with van der Waals surface area (Å²) < 4.78 is 0. The van der Waals surface area contributed by atoms with E-state index in [1.165, 1.54) is 25.7 Å². The van der Waals surface area contributed by atoms with Crippen LogP contribution in [0, 0.1) is 0 Å². The quantitative estimate of drug-likeness (QED) is 0.567.